The molecule has 2 aromatic carbocycles. The van der Waals surface area contributed by atoms with Gasteiger partial charge in [0.05, 0.1) is 17.8 Å². The molecule has 3 aromatic rings. The first kappa shape index (κ1) is 33.8. The maximum absolute atomic E-state index is 14.7. The molecular formula is C32H44F2N4O3. The number of halogens is 2. The van der Waals surface area contributed by atoms with E-state index in [4.69, 9.17) is 5.73 Å². The first-order valence-electron chi connectivity index (χ1n) is 14.2. The van der Waals surface area contributed by atoms with Gasteiger partial charge in [0.15, 0.2) is 0 Å². The average Bonchev–Trinajstić information content (AvgIpc) is 3.34. The molecule has 0 saturated heterocycles. The summed E-state index contributed by atoms with van der Waals surface area (Å²) in [7, 11) is 0. The molecule has 3 rings (SSSR count). The predicted molar refractivity (Wildman–Crippen MR) is 158 cm³/mol. The zero-order valence-corrected chi connectivity index (χ0v) is 24.8. The van der Waals surface area contributed by atoms with Crippen LogP contribution < -0.4 is 5.73 Å². The molecule has 0 aliphatic carbocycles. The fraction of sp³-hybridized carbons (Fsp3) is 0.469. The van der Waals surface area contributed by atoms with Gasteiger partial charge < -0.3 is 20.5 Å². The zero-order valence-electron chi connectivity index (χ0n) is 24.8. The summed E-state index contributed by atoms with van der Waals surface area (Å²) in [5.74, 6) is -1.81. The van der Waals surface area contributed by atoms with Crippen molar-refractivity contribution in [2.75, 3.05) is 13.2 Å². The van der Waals surface area contributed by atoms with Crippen molar-refractivity contribution in [3.8, 4) is 5.69 Å². The van der Waals surface area contributed by atoms with Gasteiger partial charge in [-0.1, -0.05) is 84.2 Å². The molecule has 1 amide bonds. The lowest BCUT2D eigenvalue weighted by Crippen LogP contribution is -2.45. The van der Waals surface area contributed by atoms with E-state index in [0.717, 1.165) is 23.8 Å². The zero-order chi connectivity index (χ0) is 30.6. The molecule has 2 unspecified atom stereocenters. The van der Waals surface area contributed by atoms with Crippen LogP contribution in [0.25, 0.3) is 5.69 Å². The molecule has 2 atom stereocenters. The monoisotopic (exact) mass is 570 g/mol. The molecule has 224 valence electrons. The first-order chi connectivity index (χ1) is 19.5. The van der Waals surface area contributed by atoms with E-state index in [1.807, 2.05) is 51.1 Å². The van der Waals surface area contributed by atoms with Crippen molar-refractivity contribution < 1.29 is 23.5 Å². The Kier molecular flexibility index (Phi) is 13.3. The number of aliphatic hydroxyl groups is 1. The van der Waals surface area contributed by atoms with Crippen LogP contribution >= 0.6 is 0 Å². The average molecular weight is 571 g/mol. The Morgan fingerprint density at radius 2 is 1.78 bits per heavy atom. The van der Waals surface area contributed by atoms with Gasteiger partial charge in [-0.3, -0.25) is 4.79 Å². The van der Waals surface area contributed by atoms with E-state index in [0.29, 0.717) is 24.0 Å². The van der Waals surface area contributed by atoms with Crippen LogP contribution in [0.1, 0.15) is 83.2 Å². The second-order valence-electron chi connectivity index (χ2n) is 11.2. The molecule has 3 N–H and O–H groups in total. The highest BCUT2D eigenvalue weighted by molar-refractivity contribution is 5.78. The molecule has 0 spiro atoms. The summed E-state index contributed by atoms with van der Waals surface area (Å²) < 4.78 is 30.0. The Bertz CT molecular complexity index is 1240. The van der Waals surface area contributed by atoms with Gasteiger partial charge in [0.1, 0.15) is 30.2 Å². The van der Waals surface area contributed by atoms with Gasteiger partial charge in [0.2, 0.25) is 5.91 Å². The largest absolute Gasteiger partial charge is 0.387 e. The third-order valence-electron chi connectivity index (χ3n) is 6.65. The number of aldehydes is 1. The van der Waals surface area contributed by atoms with E-state index in [1.165, 1.54) is 28.8 Å². The minimum absolute atomic E-state index is 0.0637. The number of rotatable bonds is 12. The van der Waals surface area contributed by atoms with Crippen molar-refractivity contribution in [2.24, 2.45) is 11.1 Å². The number of nitrogens with zero attached hydrogens (tertiary/aromatic N) is 3. The second kappa shape index (κ2) is 16.1. The molecule has 0 saturated carbocycles. The molecule has 41 heavy (non-hydrogen) atoms. The fourth-order valence-corrected chi connectivity index (χ4v) is 4.61. The molecule has 0 aliphatic heterocycles. The molecule has 1 heterocycles. The van der Waals surface area contributed by atoms with Crippen LogP contribution in [0.5, 0.6) is 0 Å². The number of aliphatic hydroxyl groups excluding tert-OH is 1. The van der Waals surface area contributed by atoms with Crippen LogP contribution in [-0.4, -0.2) is 51.2 Å². The maximum Gasteiger partial charge on any atom is 0.248 e. The number of carbonyl (C=O) groups is 2. The third-order valence-corrected chi connectivity index (χ3v) is 6.65. The van der Waals surface area contributed by atoms with E-state index < -0.39 is 41.6 Å². The normalized spacial score (nSPS) is 12.7. The smallest absolute Gasteiger partial charge is 0.248 e. The summed E-state index contributed by atoms with van der Waals surface area (Å²) in [4.78, 5) is 25.5. The maximum atomic E-state index is 14.7. The van der Waals surface area contributed by atoms with Gasteiger partial charge in [-0.05, 0) is 29.5 Å². The molecule has 0 bridgehead atoms. The molecule has 0 radical (unpaired) electrons. The number of benzene rings is 2. The van der Waals surface area contributed by atoms with Crippen LogP contribution in [0.3, 0.4) is 0 Å². The second-order valence-corrected chi connectivity index (χ2v) is 11.2. The number of unbranched alkanes of at least 4 members (excludes halogenated alkanes) is 2. The number of hydrogen-bond acceptors (Lipinski definition) is 5. The molecule has 7 nitrogen and oxygen atoms in total. The van der Waals surface area contributed by atoms with Gasteiger partial charge in [0.25, 0.3) is 0 Å². The highest BCUT2D eigenvalue weighted by atomic mass is 19.1. The fourth-order valence-electron chi connectivity index (χ4n) is 4.61. The van der Waals surface area contributed by atoms with Crippen molar-refractivity contribution >= 4 is 12.2 Å². The van der Waals surface area contributed by atoms with Crippen LogP contribution in [-0.2, 0) is 16.0 Å². The minimum Gasteiger partial charge on any atom is -0.387 e. The van der Waals surface area contributed by atoms with Crippen molar-refractivity contribution in [1.82, 2.24) is 14.7 Å². The highest BCUT2D eigenvalue weighted by Crippen LogP contribution is 2.40. The van der Waals surface area contributed by atoms with Crippen molar-refractivity contribution in [1.29, 1.82) is 0 Å². The molecule has 0 aliphatic rings. The Morgan fingerprint density at radius 3 is 2.32 bits per heavy atom. The minimum atomic E-state index is -0.776. The summed E-state index contributed by atoms with van der Waals surface area (Å²) in [5, 5.41) is 14.4. The Balaban J connectivity index is 0.00000108. The van der Waals surface area contributed by atoms with Crippen LogP contribution in [0.2, 0.25) is 0 Å². The molecule has 9 heteroatoms. The van der Waals surface area contributed by atoms with Crippen LogP contribution in [0, 0.1) is 17.0 Å². The van der Waals surface area contributed by atoms with Gasteiger partial charge in [-0.15, -0.1) is 0 Å². The topological polar surface area (TPSA) is 101 Å². The van der Waals surface area contributed by atoms with Crippen molar-refractivity contribution in [2.45, 2.75) is 78.8 Å². The van der Waals surface area contributed by atoms with E-state index >= 15 is 0 Å². The number of nitrogens with two attached hydrogens (primary N) is 1. The molecule has 1 aromatic heterocycles. The van der Waals surface area contributed by atoms with E-state index in [-0.39, 0.29) is 18.7 Å². The summed E-state index contributed by atoms with van der Waals surface area (Å²) in [6.07, 6.45) is 6.93. The first-order valence-corrected chi connectivity index (χ1v) is 14.2. The van der Waals surface area contributed by atoms with E-state index in [9.17, 15) is 23.5 Å². The quantitative estimate of drug-likeness (QED) is 0.270. The van der Waals surface area contributed by atoms with Crippen molar-refractivity contribution in [3.63, 3.8) is 0 Å². The number of amides is 1. The predicted octanol–water partition coefficient (Wildman–Crippen LogP) is 5.76. The summed E-state index contributed by atoms with van der Waals surface area (Å²) in [5.41, 5.74) is 7.30. The lowest BCUT2D eigenvalue weighted by atomic mass is 9.81. The van der Waals surface area contributed by atoms with E-state index in [1.54, 1.807) is 6.20 Å². The summed E-state index contributed by atoms with van der Waals surface area (Å²) >= 11 is 0. The highest BCUT2D eigenvalue weighted by Gasteiger charge is 2.38. The molecular weight excluding hydrogens is 526 g/mol. The van der Waals surface area contributed by atoms with Crippen molar-refractivity contribution in [3.05, 3.63) is 83.2 Å². The lowest BCUT2D eigenvalue weighted by Gasteiger charge is -2.40. The van der Waals surface area contributed by atoms with Crippen LogP contribution in [0.4, 0.5) is 8.78 Å². The van der Waals surface area contributed by atoms with Gasteiger partial charge >= 0.3 is 0 Å². The number of carbonyl (C=O) groups excluding carboxylic acids is 2. The Hall–Kier alpha value is -3.43. The number of hydrogen-bond donors (Lipinski definition) is 2. The summed E-state index contributed by atoms with van der Waals surface area (Å²) in [6, 6.07) is 11.3. The van der Waals surface area contributed by atoms with Gasteiger partial charge in [-0.2, -0.15) is 5.10 Å². The number of aromatic nitrogens is 2. The SMILES string of the molecule is CC(C)(C)C(c1nn(-c2cc(F)ccc2F)cc1Cc1ccccc1)N(CCC(N)C=O)C(=O)CO.CCCCC. The van der Waals surface area contributed by atoms with Crippen LogP contribution in [0.15, 0.2) is 54.7 Å². The standard InChI is InChI=1S/C27H32F2N4O3.C5H12/c1-27(2,3)26(32(24(36)17-35)12-11-21(30)16-34)25-19(13-18-7-5-4-6-8-18)15-33(31-25)23-14-20(28)9-10-22(23)29;1-3-5-4-2/h4-10,14-16,21,26,35H,11-13,17,30H2,1-3H3;3-5H2,1-2H3. The summed E-state index contributed by atoms with van der Waals surface area (Å²) in [6.45, 7) is 9.55. The third kappa shape index (κ3) is 9.86. The lowest BCUT2D eigenvalue weighted by molar-refractivity contribution is -0.139. The Morgan fingerprint density at radius 1 is 1.12 bits per heavy atom. The Labute approximate surface area is 242 Å². The van der Waals surface area contributed by atoms with Gasteiger partial charge in [-0.25, -0.2) is 13.5 Å². The molecule has 0 fully saturated rings. The van der Waals surface area contributed by atoms with Gasteiger partial charge in [0, 0.05) is 30.8 Å². The van der Waals surface area contributed by atoms with E-state index in [2.05, 4.69) is 18.9 Å².